The van der Waals surface area contributed by atoms with Gasteiger partial charge < -0.3 is 15.2 Å². The predicted octanol–water partition coefficient (Wildman–Crippen LogP) is 3.67. The van der Waals surface area contributed by atoms with Gasteiger partial charge in [-0.25, -0.2) is 0 Å². The fraction of sp³-hybridized carbons (Fsp3) is 0.167. The van der Waals surface area contributed by atoms with E-state index in [1.807, 2.05) is 30.3 Å². The molecule has 8 heteroatoms. The summed E-state index contributed by atoms with van der Waals surface area (Å²) < 4.78 is 2.20. The number of para-hydroxylation sites is 1. The molecule has 0 saturated carbocycles. The van der Waals surface area contributed by atoms with Crippen molar-refractivity contribution in [2.45, 2.75) is 26.9 Å². The second-order valence-corrected chi connectivity index (χ2v) is 8.17. The summed E-state index contributed by atoms with van der Waals surface area (Å²) in [6, 6.07) is 17.8. The van der Waals surface area contributed by atoms with Crippen molar-refractivity contribution >= 4 is 33.4 Å². The second kappa shape index (κ2) is 10.1. The SMILES string of the molecule is Cc1cc(C)n(CC(=O)Nc2ccccc2C(=O)NCc2ccc(Br)cc2)c(=O)c1C#N. The maximum absolute atomic E-state index is 12.7. The van der Waals surface area contributed by atoms with Crippen molar-refractivity contribution in [3.63, 3.8) is 0 Å². The van der Waals surface area contributed by atoms with Crippen molar-refractivity contribution < 1.29 is 9.59 Å². The van der Waals surface area contributed by atoms with Gasteiger partial charge in [-0.3, -0.25) is 14.4 Å². The lowest BCUT2D eigenvalue weighted by Gasteiger charge is -2.14. The Kier molecular flexibility index (Phi) is 7.23. The molecule has 0 radical (unpaired) electrons. The molecule has 0 bridgehead atoms. The number of amides is 2. The van der Waals surface area contributed by atoms with Crippen molar-refractivity contribution in [2.75, 3.05) is 5.32 Å². The van der Waals surface area contributed by atoms with Crippen LogP contribution in [0.15, 0.2) is 63.9 Å². The first-order valence-corrected chi connectivity index (χ1v) is 10.6. The van der Waals surface area contributed by atoms with E-state index in [9.17, 15) is 19.6 Å². The minimum Gasteiger partial charge on any atom is -0.348 e. The molecule has 0 aliphatic rings. The predicted molar refractivity (Wildman–Crippen MR) is 125 cm³/mol. The molecule has 2 amide bonds. The number of halogens is 1. The summed E-state index contributed by atoms with van der Waals surface area (Å²) in [4.78, 5) is 37.9. The Bertz CT molecular complexity index is 1270. The van der Waals surface area contributed by atoms with E-state index in [4.69, 9.17) is 0 Å². The number of carbonyl (C=O) groups excluding carboxylic acids is 2. The van der Waals surface area contributed by atoms with Gasteiger partial charge in [0, 0.05) is 16.7 Å². The molecule has 0 aliphatic heterocycles. The molecule has 32 heavy (non-hydrogen) atoms. The Morgan fingerprint density at radius 3 is 2.47 bits per heavy atom. The summed E-state index contributed by atoms with van der Waals surface area (Å²) >= 11 is 3.37. The molecule has 1 heterocycles. The summed E-state index contributed by atoms with van der Waals surface area (Å²) in [5.74, 6) is -0.810. The van der Waals surface area contributed by atoms with Gasteiger partial charge >= 0.3 is 0 Å². The number of aromatic nitrogens is 1. The highest BCUT2D eigenvalue weighted by molar-refractivity contribution is 9.10. The molecule has 2 aromatic carbocycles. The second-order valence-electron chi connectivity index (χ2n) is 7.25. The lowest BCUT2D eigenvalue weighted by molar-refractivity contribution is -0.116. The van der Waals surface area contributed by atoms with Crippen LogP contribution in [-0.4, -0.2) is 16.4 Å². The highest BCUT2D eigenvalue weighted by Gasteiger charge is 2.16. The zero-order valence-electron chi connectivity index (χ0n) is 17.6. The molecule has 3 rings (SSSR count). The third-order valence-corrected chi connectivity index (χ3v) is 5.46. The fourth-order valence-corrected chi connectivity index (χ4v) is 3.53. The lowest BCUT2D eigenvalue weighted by atomic mass is 10.1. The third-order valence-electron chi connectivity index (χ3n) is 4.93. The van der Waals surface area contributed by atoms with Crippen molar-refractivity contribution in [3.05, 3.63) is 97.4 Å². The number of nitrogens with zero attached hydrogens (tertiary/aromatic N) is 2. The number of hydrogen-bond acceptors (Lipinski definition) is 4. The van der Waals surface area contributed by atoms with Gasteiger partial charge in [0.2, 0.25) is 5.91 Å². The van der Waals surface area contributed by atoms with E-state index in [2.05, 4.69) is 26.6 Å². The molecular weight excluding hydrogens is 472 g/mol. The summed E-state index contributed by atoms with van der Waals surface area (Å²) in [5.41, 5.74) is 2.22. The van der Waals surface area contributed by atoms with Crippen LogP contribution in [-0.2, 0) is 17.9 Å². The number of aryl methyl sites for hydroxylation is 2. The van der Waals surface area contributed by atoms with Crippen LogP contribution in [0.3, 0.4) is 0 Å². The molecule has 162 valence electrons. The number of nitriles is 1. The maximum Gasteiger partial charge on any atom is 0.269 e. The van der Waals surface area contributed by atoms with Crippen LogP contribution in [0.4, 0.5) is 5.69 Å². The molecule has 1 aromatic heterocycles. The van der Waals surface area contributed by atoms with Gasteiger partial charge in [0.05, 0.1) is 11.3 Å². The smallest absolute Gasteiger partial charge is 0.269 e. The molecule has 0 fully saturated rings. The van der Waals surface area contributed by atoms with Crippen LogP contribution in [0, 0.1) is 25.2 Å². The number of pyridine rings is 1. The highest BCUT2D eigenvalue weighted by Crippen LogP contribution is 2.16. The normalized spacial score (nSPS) is 10.3. The number of hydrogen-bond donors (Lipinski definition) is 2. The van der Waals surface area contributed by atoms with Gasteiger partial charge in [0.15, 0.2) is 0 Å². The largest absolute Gasteiger partial charge is 0.348 e. The number of nitrogens with one attached hydrogen (secondary N) is 2. The first-order valence-electron chi connectivity index (χ1n) is 9.83. The molecule has 0 unspecified atom stereocenters. The van der Waals surface area contributed by atoms with Gasteiger partial charge in [0.1, 0.15) is 18.2 Å². The molecular formula is C24H21BrN4O3. The van der Waals surface area contributed by atoms with Crippen molar-refractivity contribution in [3.8, 4) is 6.07 Å². The standard InChI is InChI=1S/C24H21BrN4O3/c1-15-11-16(2)29(24(32)20(15)12-26)14-22(30)28-21-6-4-3-5-19(21)23(31)27-13-17-7-9-18(25)10-8-17/h3-11H,13-14H2,1-2H3,(H,27,31)(H,28,30). The first kappa shape index (κ1) is 23.0. The zero-order valence-corrected chi connectivity index (χ0v) is 19.2. The molecule has 0 saturated heterocycles. The van der Waals surface area contributed by atoms with Crippen molar-refractivity contribution in [1.29, 1.82) is 5.26 Å². The van der Waals surface area contributed by atoms with E-state index in [1.54, 1.807) is 44.2 Å². The van der Waals surface area contributed by atoms with Crippen LogP contribution >= 0.6 is 15.9 Å². The van der Waals surface area contributed by atoms with Crippen LogP contribution < -0.4 is 16.2 Å². The Hall–Kier alpha value is -3.70. The summed E-state index contributed by atoms with van der Waals surface area (Å²) in [7, 11) is 0. The van der Waals surface area contributed by atoms with Crippen LogP contribution in [0.25, 0.3) is 0 Å². The van der Waals surface area contributed by atoms with E-state index in [1.165, 1.54) is 4.57 Å². The Morgan fingerprint density at radius 2 is 1.78 bits per heavy atom. The van der Waals surface area contributed by atoms with E-state index < -0.39 is 11.5 Å². The number of benzene rings is 2. The minimum absolute atomic E-state index is 0.0103. The Morgan fingerprint density at radius 1 is 1.09 bits per heavy atom. The molecule has 7 nitrogen and oxygen atoms in total. The van der Waals surface area contributed by atoms with Gasteiger partial charge in [-0.2, -0.15) is 5.26 Å². The van der Waals surface area contributed by atoms with Crippen LogP contribution in [0.2, 0.25) is 0 Å². The summed E-state index contributed by atoms with van der Waals surface area (Å²) in [5, 5.41) is 14.8. The van der Waals surface area contributed by atoms with Gasteiger partial charge in [-0.15, -0.1) is 0 Å². The van der Waals surface area contributed by atoms with Crippen LogP contribution in [0.5, 0.6) is 0 Å². The molecule has 0 aliphatic carbocycles. The number of carbonyl (C=O) groups is 2. The average molecular weight is 493 g/mol. The van der Waals surface area contributed by atoms with Crippen LogP contribution in [0.1, 0.15) is 32.7 Å². The summed E-state index contributed by atoms with van der Waals surface area (Å²) in [6.07, 6.45) is 0. The Balaban J connectivity index is 1.74. The monoisotopic (exact) mass is 492 g/mol. The average Bonchev–Trinajstić information content (AvgIpc) is 2.76. The molecule has 2 N–H and O–H groups in total. The number of rotatable bonds is 6. The lowest BCUT2D eigenvalue weighted by Crippen LogP contribution is -2.32. The van der Waals surface area contributed by atoms with Crippen molar-refractivity contribution in [1.82, 2.24) is 9.88 Å². The van der Waals surface area contributed by atoms with E-state index in [0.29, 0.717) is 29.1 Å². The molecule has 0 spiro atoms. The fourth-order valence-electron chi connectivity index (χ4n) is 3.26. The van der Waals surface area contributed by atoms with E-state index in [-0.39, 0.29) is 18.0 Å². The maximum atomic E-state index is 12.7. The van der Waals surface area contributed by atoms with Crippen molar-refractivity contribution in [2.24, 2.45) is 0 Å². The highest BCUT2D eigenvalue weighted by atomic mass is 79.9. The quantitative estimate of drug-likeness (QED) is 0.547. The number of anilines is 1. The van der Waals surface area contributed by atoms with Gasteiger partial charge in [-0.05, 0) is 55.3 Å². The zero-order chi connectivity index (χ0) is 23.3. The molecule has 0 atom stereocenters. The van der Waals surface area contributed by atoms with Gasteiger partial charge in [0.25, 0.3) is 11.5 Å². The third kappa shape index (κ3) is 5.31. The molecule has 3 aromatic rings. The minimum atomic E-state index is -0.513. The van der Waals surface area contributed by atoms with E-state index >= 15 is 0 Å². The van der Waals surface area contributed by atoms with E-state index in [0.717, 1.165) is 10.0 Å². The Labute approximate surface area is 193 Å². The summed E-state index contributed by atoms with van der Waals surface area (Å²) in [6.45, 7) is 3.45. The first-order chi connectivity index (χ1) is 15.3. The van der Waals surface area contributed by atoms with Gasteiger partial charge in [-0.1, -0.05) is 40.2 Å². The topological polar surface area (TPSA) is 104 Å².